The lowest BCUT2D eigenvalue weighted by Gasteiger charge is -2.28. The highest BCUT2D eigenvalue weighted by atomic mass is 35.5. The van der Waals surface area contributed by atoms with Gasteiger partial charge in [0.15, 0.2) is 6.10 Å². The molecule has 2 aromatic heterocycles. The number of nitrogens with zero attached hydrogens (tertiary/aromatic N) is 3. The molecule has 1 amide bonds. The van der Waals surface area contributed by atoms with Crippen LogP contribution in [0.2, 0.25) is 5.02 Å². The molecule has 7 nitrogen and oxygen atoms in total. The van der Waals surface area contributed by atoms with E-state index >= 15 is 0 Å². The summed E-state index contributed by atoms with van der Waals surface area (Å²) in [5, 5.41) is 5.97. The third-order valence-corrected chi connectivity index (χ3v) is 6.19. The monoisotopic (exact) mass is 433 g/mol. The summed E-state index contributed by atoms with van der Waals surface area (Å²) in [4.78, 5) is 28.0. The second kappa shape index (κ2) is 8.14. The number of thiophene rings is 1. The molecule has 3 aromatic rings. The van der Waals surface area contributed by atoms with E-state index in [0.29, 0.717) is 36.2 Å². The molecule has 9 heteroatoms. The molecule has 1 aromatic carbocycles. The number of hydrogen-bond acceptors (Lipinski definition) is 6. The Morgan fingerprint density at radius 2 is 2.00 bits per heavy atom. The maximum Gasteiger partial charge on any atom is 0.349 e. The summed E-state index contributed by atoms with van der Waals surface area (Å²) in [6, 6.07) is 9.15. The molecule has 4 rings (SSSR count). The zero-order valence-corrected chi connectivity index (χ0v) is 17.6. The summed E-state index contributed by atoms with van der Waals surface area (Å²) < 4.78 is 12.4. The van der Waals surface area contributed by atoms with Crippen molar-refractivity contribution in [1.29, 1.82) is 0 Å². The normalized spacial score (nSPS) is 15.5. The van der Waals surface area contributed by atoms with Gasteiger partial charge >= 0.3 is 5.97 Å². The average molecular weight is 434 g/mol. The first kappa shape index (κ1) is 19.9. The van der Waals surface area contributed by atoms with E-state index in [1.165, 1.54) is 11.3 Å². The quantitative estimate of drug-likeness (QED) is 0.589. The number of benzene rings is 1. The smallest absolute Gasteiger partial charge is 0.349 e. The molecule has 29 heavy (non-hydrogen) atoms. The number of carbonyl (C=O) groups is 2. The van der Waals surface area contributed by atoms with E-state index in [-0.39, 0.29) is 5.91 Å². The third kappa shape index (κ3) is 3.88. The van der Waals surface area contributed by atoms with Crippen LogP contribution in [0.4, 0.5) is 0 Å². The van der Waals surface area contributed by atoms with Crippen LogP contribution in [0.5, 0.6) is 0 Å². The molecular weight excluding hydrogens is 414 g/mol. The molecule has 0 saturated carbocycles. The van der Waals surface area contributed by atoms with Crippen molar-refractivity contribution in [3.8, 4) is 5.69 Å². The fourth-order valence-corrected chi connectivity index (χ4v) is 4.52. The van der Waals surface area contributed by atoms with Gasteiger partial charge in [0.2, 0.25) is 0 Å². The van der Waals surface area contributed by atoms with Gasteiger partial charge < -0.3 is 14.4 Å². The van der Waals surface area contributed by atoms with Gasteiger partial charge in [0.25, 0.3) is 5.91 Å². The molecule has 1 saturated heterocycles. The van der Waals surface area contributed by atoms with Crippen molar-refractivity contribution in [2.45, 2.75) is 20.0 Å². The van der Waals surface area contributed by atoms with E-state index < -0.39 is 12.1 Å². The molecule has 0 radical (unpaired) electrons. The Morgan fingerprint density at radius 1 is 1.28 bits per heavy atom. The van der Waals surface area contributed by atoms with Crippen LogP contribution in [0.25, 0.3) is 15.9 Å². The Morgan fingerprint density at radius 3 is 2.72 bits per heavy atom. The van der Waals surface area contributed by atoms with Gasteiger partial charge in [-0.3, -0.25) is 4.79 Å². The Bertz CT molecular complexity index is 1070. The summed E-state index contributed by atoms with van der Waals surface area (Å²) in [6.07, 6.45) is -0.855. The molecule has 3 heterocycles. The predicted octanol–water partition coefficient (Wildman–Crippen LogP) is 3.45. The van der Waals surface area contributed by atoms with Crippen LogP contribution in [0, 0.1) is 6.92 Å². The van der Waals surface area contributed by atoms with Gasteiger partial charge in [-0.25, -0.2) is 9.48 Å². The highest BCUT2D eigenvalue weighted by Gasteiger charge is 2.27. The molecule has 0 bridgehead atoms. The lowest BCUT2D eigenvalue weighted by Crippen LogP contribution is -2.46. The van der Waals surface area contributed by atoms with E-state index in [0.717, 1.165) is 21.6 Å². The first-order valence-electron chi connectivity index (χ1n) is 9.27. The third-order valence-electron chi connectivity index (χ3n) is 4.78. The van der Waals surface area contributed by atoms with E-state index in [9.17, 15) is 9.59 Å². The Kier molecular flexibility index (Phi) is 5.58. The minimum Gasteiger partial charge on any atom is -0.448 e. The fraction of sp³-hybridized carbons (Fsp3) is 0.350. The Labute approximate surface area is 176 Å². The number of amides is 1. The second-order valence-electron chi connectivity index (χ2n) is 6.76. The lowest BCUT2D eigenvalue weighted by atomic mass is 10.3. The van der Waals surface area contributed by atoms with E-state index in [1.54, 1.807) is 28.6 Å². The first-order valence-corrected chi connectivity index (χ1v) is 10.5. The number of para-hydroxylation sites is 1. The number of rotatable bonds is 4. The maximum absolute atomic E-state index is 12.7. The van der Waals surface area contributed by atoms with Gasteiger partial charge in [-0.1, -0.05) is 23.7 Å². The number of ether oxygens (including phenoxy) is 2. The maximum atomic E-state index is 12.7. The number of aromatic nitrogens is 2. The van der Waals surface area contributed by atoms with E-state index in [2.05, 4.69) is 5.10 Å². The van der Waals surface area contributed by atoms with Crippen molar-refractivity contribution in [2.24, 2.45) is 0 Å². The van der Waals surface area contributed by atoms with Crippen LogP contribution in [-0.2, 0) is 14.3 Å². The lowest BCUT2D eigenvalue weighted by molar-refractivity contribution is -0.143. The Balaban J connectivity index is 1.56. The SMILES string of the molecule is Cc1nn(-c2ccccc2Cl)c2sc(C(=O)OC(C)C(=O)N3CCOCC3)cc12. The number of aryl methyl sites for hydroxylation is 1. The second-order valence-corrected chi connectivity index (χ2v) is 8.20. The van der Waals surface area contributed by atoms with E-state index in [1.807, 2.05) is 25.1 Å². The van der Waals surface area contributed by atoms with Gasteiger partial charge in [-0.2, -0.15) is 5.10 Å². The van der Waals surface area contributed by atoms with Crippen LogP contribution < -0.4 is 0 Å². The molecular formula is C20H20ClN3O4S. The molecule has 152 valence electrons. The van der Waals surface area contributed by atoms with Crippen LogP contribution in [-0.4, -0.2) is 59.0 Å². The van der Waals surface area contributed by atoms with Crippen molar-refractivity contribution in [3.63, 3.8) is 0 Å². The molecule has 0 aliphatic carbocycles. The van der Waals surface area contributed by atoms with Gasteiger partial charge in [-0.05, 0) is 32.0 Å². The number of carbonyl (C=O) groups excluding carboxylic acids is 2. The van der Waals surface area contributed by atoms with Gasteiger partial charge in [0.1, 0.15) is 9.71 Å². The summed E-state index contributed by atoms with van der Waals surface area (Å²) in [5.41, 5.74) is 1.53. The zero-order valence-electron chi connectivity index (χ0n) is 16.1. The molecule has 1 fully saturated rings. The van der Waals surface area contributed by atoms with Gasteiger partial charge in [0.05, 0.1) is 29.6 Å². The summed E-state index contributed by atoms with van der Waals surface area (Å²) in [6.45, 7) is 5.50. The van der Waals surface area contributed by atoms with Crippen LogP contribution in [0.1, 0.15) is 22.3 Å². The zero-order chi connectivity index (χ0) is 20.5. The largest absolute Gasteiger partial charge is 0.448 e. The molecule has 1 aliphatic rings. The predicted molar refractivity (Wildman–Crippen MR) is 111 cm³/mol. The summed E-state index contributed by atoms with van der Waals surface area (Å²) >= 11 is 7.58. The summed E-state index contributed by atoms with van der Waals surface area (Å²) in [5.74, 6) is -0.730. The van der Waals surface area contributed by atoms with Crippen LogP contribution >= 0.6 is 22.9 Å². The number of morpholine rings is 1. The van der Waals surface area contributed by atoms with Crippen molar-refractivity contribution < 1.29 is 19.1 Å². The number of esters is 1. The minimum absolute atomic E-state index is 0.207. The van der Waals surface area contributed by atoms with Crippen molar-refractivity contribution in [1.82, 2.24) is 14.7 Å². The number of fused-ring (bicyclic) bond motifs is 1. The fourth-order valence-electron chi connectivity index (χ4n) is 3.24. The molecule has 1 atom stereocenters. The minimum atomic E-state index is -0.855. The van der Waals surface area contributed by atoms with Gasteiger partial charge in [0, 0.05) is 18.5 Å². The van der Waals surface area contributed by atoms with Crippen molar-refractivity contribution in [3.05, 3.63) is 45.9 Å². The highest BCUT2D eigenvalue weighted by molar-refractivity contribution is 7.20. The topological polar surface area (TPSA) is 73.7 Å². The number of hydrogen-bond donors (Lipinski definition) is 0. The number of halogens is 1. The molecule has 0 spiro atoms. The molecule has 0 N–H and O–H groups in total. The van der Waals surface area contributed by atoms with Crippen molar-refractivity contribution in [2.75, 3.05) is 26.3 Å². The van der Waals surface area contributed by atoms with Crippen LogP contribution in [0.3, 0.4) is 0 Å². The standard InChI is InChI=1S/C20H20ClN3O4S/c1-12-14-11-17(20(26)28-13(2)18(25)23-7-9-27-10-8-23)29-19(14)24(22-12)16-6-4-3-5-15(16)21/h3-6,11,13H,7-10H2,1-2H3. The van der Waals surface area contributed by atoms with Crippen molar-refractivity contribution >= 4 is 45.0 Å². The van der Waals surface area contributed by atoms with Gasteiger partial charge in [-0.15, -0.1) is 11.3 Å². The molecule has 1 aliphatic heterocycles. The summed E-state index contributed by atoms with van der Waals surface area (Å²) in [7, 11) is 0. The average Bonchev–Trinajstić information content (AvgIpc) is 3.29. The van der Waals surface area contributed by atoms with Crippen LogP contribution in [0.15, 0.2) is 30.3 Å². The first-order chi connectivity index (χ1) is 14.0. The Hall–Kier alpha value is -2.42. The van der Waals surface area contributed by atoms with E-state index in [4.69, 9.17) is 21.1 Å². The molecule has 1 unspecified atom stereocenters. The highest BCUT2D eigenvalue weighted by Crippen LogP contribution is 2.32.